The van der Waals surface area contributed by atoms with Crippen LogP contribution in [0.25, 0.3) is 11.0 Å². The maximum absolute atomic E-state index is 12.0. The molecular formula is C19H20N4O. The van der Waals surface area contributed by atoms with Crippen LogP contribution in [0.2, 0.25) is 0 Å². The first-order chi connectivity index (χ1) is 11.6. The molecule has 1 aromatic heterocycles. The number of para-hydroxylation sites is 2. The largest absolute Gasteiger partial charge is 0.321 e. The SMILES string of the molecule is CC(C)c1ccc(C=NNC(=O)Cn2cnc3ccccc32)cc1. The van der Waals surface area contributed by atoms with Crippen LogP contribution in [0.3, 0.4) is 0 Å². The van der Waals surface area contributed by atoms with Gasteiger partial charge in [-0.3, -0.25) is 4.79 Å². The molecule has 3 aromatic rings. The lowest BCUT2D eigenvalue weighted by Crippen LogP contribution is -2.22. The summed E-state index contributed by atoms with van der Waals surface area (Å²) in [6.45, 7) is 4.50. The summed E-state index contributed by atoms with van der Waals surface area (Å²) in [5.74, 6) is 0.314. The molecule has 3 rings (SSSR count). The van der Waals surface area contributed by atoms with Crippen molar-refractivity contribution >= 4 is 23.2 Å². The number of amides is 1. The van der Waals surface area contributed by atoms with Crippen LogP contribution in [-0.2, 0) is 11.3 Å². The van der Waals surface area contributed by atoms with E-state index in [0.29, 0.717) is 5.92 Å². The van der Waals surface area contributed by atoms with Crippen LogP contribution in [0.1, 0.15) is 30.9 Å². The van der Waals surface area contributed by atoms with Crippen LogP contribution in [0.15, 0.2) is 60.0 Å². The highest BCUT2D eigenvalue weighted by atomic mass is 16.2. The molecule has 0 atom stereocenters. The summed E-state index contributed by atoms with van der Waals surface area (Å²) in [7, 11) is 0. The van der Waals surface area contributed by atoms with Gasteiger partial charge in [0.2, 0.25) is 0 Å². The number of aromatic nitrogens is 2. The first kappa shape index (κ1) is 15.9. The molecule has 122 valence electrons. The molecule has 0 aliphatic carbocycles. The van der Waals surface area contributed by atoms with Crippen molar-refractivity contribution < 1.29 is 4.79 Å². The van der Waals surface area contributed by atoms with Crippen molar-refractivity contribution in [3.05, 3.63) is 66.0 Å². The standard InChI is InChI=1S/C19H20N4O/c1-14(2)16-9-7-15(8-10-16)11-21-22-19(24)12-23-13-20-17-5-3-4-6-18(17)23/h3-11,13-14H,12H2,1-2H3,(H,22,24). The minimum absolute atomic E-state index is 0.185. The van der Waals surface area contributed by atoms with E-state index in [0.717, 1.165) is 16.6 Å². The van der Waals surface area contributed by atoms with Crippen LogP contribution < -0.4 is 5.43 Å². The van der Waals surface area contributed by atoms with E-state index in [9.17, 15) is 4.79 Å². The lowest BCUT2D eigenvalue weighted by atomic mass is 10.0. The van der Waals surface area contributed by atoms with Gasteiger partial charge in [0.1, 0.15) is 6.54 Å². The number of imidazole rings is 1. The Labute approximate surface area is 141 Å². The molecule has 1 heterocycles. The van der Waals surface area contributed by atoms with Crippen LogP contribution in [0.4, 0.5) is 0 Å². The van der Waals surface area contributed by atoms with E-state index in [4.69, 9.17) is 0 Å². The molecule has 24 heavy (non-hydrogen) atoms. The number of rotatable bonds is 5. The topological polar surface area (TPSA) is 59.3 Å². The Morgan fingerprint density at radius 1 is 1.21 bits per heavy atom. The van der Waals surface area contributed by atoms with Gasteiger partial charge in [-0.2, -0.15) is 5.10 Å². The molecule has 0 saturated carbocycles. The Morgan fingerprint density at radius 2 is 1.96 bits per heavy atom. The van der Waals surface area contributed by atoms with Crippen LogP contribution in [-0.4, -0.2) is 21.7 Å². The number of fused-ring (bicyclic) bond motifs is 1. The second kappa shape index (κ2) is 7.08. The molecule has 0 saturated heterocycles. The molecule has 0 fully saturated rings. The Kier molecular flexibility index (Phi) is 4.70. The van der Waals surface area contributed by atoms with Gasteiger partial charge in [0.15, 0.2) is 0 Å². The average Bonchev–Trinajstić information content (AvgIpc) is 2.98. The third-order valence-corrected chi connectivity index (χ3v) is 3.85. The normalized spacial score (nSPS) is 11.5. The minimum atomic E-state index is -0.187. The first-order valence-electron chi connectivity index (χ1n) is 7.95. The highest BCUT2D eigenvalue weighted by molar-refractivity contribution is 5.83. The molecule has 0 bridgehead atoms. The molecule has 0 aliphatic heterocycles. The van der Waals surface area contributed by atoms with Gasteiger partial charge in [-0.05, 0) is 29.2 Å². The number of nitrogens with one attached hydrogen (secondary N) is 1. The molecule has 0 spiro atoms. The van der Waals surface area contributed by atoms with Gasteiger partial charge < -0.3 is 4.57 Å². The predicted molar refractivity (Wildman–Crippen MR) is 96.0 cm³/mol. The van der Waals surface area contributed by atoms with Crippen molar-refractivity contribution in [2.24, 2.45) is 5.10 Å². The minimum Gasteiger partial charge on any atom is -0.321 e. The molecule has 1 N–H and O–H groups in total. The summed E-state index contributed by atoms with van der Waals surface area (Å²) in [5.41, 5.74) is 6.59. The van der Waals surface area contributed by atoms with Crippen LogP contribution in [0.5, 0.6) is 0 Å². The van der Waals surface area contributed by atoms with E-state index in [1.165, 1.54) is 5.56 Å². The van der Waals surface area contributed by atoms with Crippen molar-refractivity contribution in [1.29, 1.82) is 0 Å². The monoisotopic (exact) mass is 320 g/mol. The third-order valence-electron chi connectivity index (χ3n) is 3.85. The smallest absolute Gasteiger partial charge is 0.260 e. The van der Waals surface area contributed by atoms with E-state index in [2.05, 4.69) is 41.5 Å². The van der Waals surface area contributed by atoms with Crippen molar-refractivity contribution in [2.75, 3.05) is 0 Å². The zero-order valence-electron chi connectivity index (χ0n) is 13.8. The van der Waals surface area contributed by atoms with Gasteiger partial charge in [-0.25, -0.2) is 10.4 Å². The number of benzene rings is 2. The first-order valence-corrected chi connectivity index (χ1v) is 7.95. The third kappa shape index (κ3) is 3.68. The zero-order valence-corrected chi connectivity index (χ0v) is 13.8. The summed E-state index contributed by atoms with van der Waals surface area (Å²) in [6.07, 6.45) is 3.31. The fourth-order valence-corrected chi connectivity index (χ4v) is 2.47. The van der Waals surface area contributed by atoms with Crippen molar-refractivity contribution in [1.82, 2.24) is 15.0 Å². The van der Waals surface area contributed by atoms with Crippen molar-refractivity contribution in [2.45, 2.75) is 26.3 Å². The highest BCUT2D eigenvalue weighted by Gasteiger charge is 2.05. The van der Waals surface area contributed by atoms with Crippen molar-refractivity contribution in [3.63, 3.8) is 0 Å². The molecule has 0 unspecified atom stereocenters. The summed E-state index contributed by atoms with van der Waals surface area (Å²) in [6, 6.07) is 15.9. The lowest BCUT2D eigenvalue weighted by molar-refractivity contribution is -0.121. The molecule has 2 aromatic carbocycles. The van der Waals surface area contributed by atoms with Gasteiger partial charge in [0, 0.05) is 0 Å². The number of carbonyl (C=O) groups is 1. The second-order valence-corrected chi connectivity index (χ2v) is 5.98. The molecule has 5 nitrogen and oxygen atoms in total. The van der Waals surface area contributed by atoms with Gasteiger partial charge in [-0.1, -0.05) is 50.2 Å². The van der Waals surface area contributed by atoms with E-state index >= 15 is 0 Å². The molecule has 1 amide bonds. The van der Waals surface area contributed by atoms with Gasteiger partial charge in [-0.15, -0.1) is 0 Å². The van der Waals surface area contributed by atoms with E-state index in [1.54, 1.807) is 17.1 Å². The maximum Gasteiger partial charge on any atom is 0.260 e. The molecular weight excluding hydrogens is 300 g/mol. The fraction of sp³-hybridized carbons (Fsp3) is 0.211. The van der Waals surface area contributed by atoms with Crippen molar-refractivity contribution in [3.8, 4) is 0 Å². The molecule has 5 heteroatoms. The van der Waals surface area contributed by atoms with Crippen LogP contribution >= 0.6 is 0 Å². The number of hydrazone groups is 1. The van der Waals surface area contributed by atoms with Crippen LogP contribution in [0, 0.1) is 0 Å². The summed E-state index contributed by atoms with van der Waals surface area (Å²) >= 11 is 0. The Morgan fingerprint density at radius 3 is 2.71 bits per heavy atom. The molecule has 0 radical (unpaired) electrons. The highest BCUT2D eigenvalue weighted by Crippen LogP contribution is 2.14. The summed E-state index contributed by atoms with van der Waals surface area (Å²) in [4.78, 5) is 16.3. The summed E-state index contributed by atoms with van der Waals surface area (Å²) < 4.78 is 1.80. The quantitative estimate of drug-likeness (QED) is 0.579. The Hall–Kier alpha value is -2.95. The van der Waals surface area contributed by atoms with E-state index < -0.39 is 0 Å². The van der Waals surface area contributed by atoms with E-state index in [1.807, 2.05) is 36.4 Å². The second-order valence-electron chi connectivity index (χ2n) is 5.98. The molecule has 0 aliphatic rings. The number of hydrogen-bond acceptors (Lipinski definition) is 3. The van der Waals surface area contributed by atoms with Gasteiger partial charge in [0.25, 0.3) is 5.91 Å². The number of hydrogen-bond donors (Lipinski definition) is 1. The van der Waals surface area contributed by atoms with Gasteiger partial charge in [0.05, 0.1) is 23.6 Å². The van der Waals surface area contributed by atoms with Gasteiger partial charge >= 0.3 is 0 Å². The number of nitrogens with zero attached hydrogens (tertiary/aromatic N) is 3. The fourth-order valence-electron chi connectivity index (χ4n) is 2.47. The average molecular weight is 320 g/mol. The summed E-state index contributed by atoms with van der Waals surface area (Å²) in [5, 5.41) is 4.02. The lowest BCUT2D eigenvalue weighted by Gasteiger charge is -2.05. The predicted octanol–water partition coefficient (Wildman–Crippen LogP) is 3.31. The Bertz CT molecular complexity index is 862. The Balaban J connectivity index is 1.59. The number of carbonyl (C=O) groups excluding carboxylic acids is 1. The maximum atomic E-state index is 12.0. The zero-order chi connectivity index (χ0) is 16.9. The van der Waals surface area contributed by atoms with E-state index in [-0.39, 0.29) is 12.5 Å².